The Balaban J connectivity index is 1.69. The Kier molecular flexibility index (Phi) is 7.89. The first-order chi connectivity index (χ1) is 11.7. The Morgan fingerprint density at radius 3 is 2.42 bits per heavy atom. The second-order valence-electron chi connectivity index (χ2n) is 6.31. The van der Waals surface area contributed by atoms with Crippen molar-refractivity contribution < 1.29 is 0 Å². The van der Waals surface area contributed by atoms with Crippen molar-refractivity contribution >= 4 is 11.6 Å². The van der Waals surface area contributed by atoms with Crippen LogP contribution in [0.3, 0.4) is 0 Å². The molecule has 5 nitrogen and oxygen atoms in total. The van der Waals surface area contributed by atoms with E-state index >= 15 is 0 Å². The number of hydrogen-bond donors (Lipinski definition) is 2. The maximum absolute atomic E-state index is 4.62. The van der Waals surface area contributed by atoms with Gasteiger partial charge in [0.2, 0.25) is 0 Å². The van der Waals surface area contributed by atoms with Gasteiger partial charge in [-0.3, -0.25) is 9.89 Å². The number of guanidine groups is 1. The molecule has 1 saturated heterocycles. The Labute approximate surface area is 147 Å². The van der Waals surface area contributed by atoms with Crippen LogP contribution in [0, 0.1) is 6.92 Å². The molecule has 2 rings (SSSR count). The maximum atomic E-state index is 4.62. The highest BCUT2D eigenvalue weighted by atomic mass is 15.3. The second kappa shape index (κ2) is 10.2. The first kappa shape index (κ1) is 18.6. The lowest BCUT2D eigenvalue weighted by atomic mass is 10.2. The average molecular weight is 332 g/mol. The molecular formula is C19H33N5. The standard InChI is InChI=1S/C19H33N5/c1-4-20-19(21-5-2)22-10-7-11-23-12-14-24(15-13-23)18-9-6-8-17(3)16-18/h6,8-9,16H,4-5,7,10-15H2,1-3H3,(H2,20,21,22). The van der Waals surface area contributed by atoms with Crippen LogP contribution in [0.5, 0.6) is 0 Å². The fourth-order valence-corrected chi connectivity index (χ4v) is 3.05. The Bertz CT molecular complexity index is 498. The molecule has 0 spiro atoms. The minimum Gasteiger partial charge on any atom is -0.369 e. The fourth-order valence-electron chi connectivity index (χ4n) is 3.05. The van der Waals surface area contributed by atoms with Gasteiger partial charge in [-0.05, 0) is 44.9 Å². The molecule has 1 aromatic rings. The molecule has 0 bridgehead atoms. The van der Waals surface area contributed by atoms with Gasteiger partial charge in [-0.2, -0.15) is 0 Å². The minimum atomic E-state index is 0.882. The number of rotatable bonds is 7. The van der Waals surface area contributed by atoms with Gasteiger partial charge in [-0.15, -0.1) is 0 Å². The molecule has 134 valence electrons. The molecule has 0 atom stereocenters. The van der Waals surface area contributed by atoms with Crippen LogP contribution in [0.2, 0.25) is 0 Å². The van der Waals surface area contributed by atoms with Crippen LogP contribution in [0.1, 0.15) is 25.8 Å². The molecule has 0 aliphatic carbocycles. The molecule has 5 heteroatoms. The molecule has 1 fully saturated rings. The Hall–Kier alpha value is -1.75. The zero-order valence-electron chi connectivity index (χ0n) is 15.5. The van der Waals surface area contributed by atoms with Gasteiger partial charge in [-0.25, -0.2) is 0 Å². The number of aryl methyl sites for hydroxylation is 1. The molecule has 1 aliphatic rings. The third-order valence-corrected chi connectivity index (χ3v) is 4.33. The van der Waals surface area contributed by atoms with E-state index in [2.05, 4.69) is 70.5 Å². The number of nitrogens with zero attached hydrogens (tertiary/aromatic N) is 3. The fraction of sp³-hybridized carbons (Fsp3) is 0.632. The van der Waals surface area contributed by atoms with E-state index < -0.39 is 0 Å². The van der Waals surface area contributed by atoms with Crippen molar-refractivity contribution in [3.8, 4) is 0 Å². The SMILES string of the molecule is CCNC(=NCCCN1CCN(c2cccc(C)c2)CC1)NCC. The van der Waals surface area contributed by atoms with E-state index in [1.54, 1.807) is 0 Å². The summed E-state index contributed by atoms with van der Waals surface area (Å²) in [6.45, 7) is 14.7. The Morgan fingerprint density at radius 2 is 1.79 bits per heavy atom. The monoisotopic (exact) mass is 331 g/mol. The zero-order chi connectivity index (χ0) is 17.2. The number of benzene rings is 1. The van der Waals surface area contributed by atoms with Gasteiger partial charge in [-0.1, -0.05) is 12.1 Å². The summed E-state index contributed by atoms with van der Waals surface area (Å²) >= 11 is 0. The average Bonchev–Trinajstić information content (AvgIpc) is 2.59. The summed E-state index contributed by atoms with van der Waals surface area (Å²) in [5.41, 5.74) is 2.70. The van der Waals surface area contributed by atoms with Crippen molar-refractivity contribution in [2.45, 2.75) is 27.2 Å². The second-order valence-corrected chi connectivity index (χ2v) is 6.31. The maximum Gasteiger partial charge on any atom is 0.191 e. The zero-order valence-corrected chi connectivity index (χ0v) is 15.5. The summed E-state index contributed by atoms with van der Waals surface area (Å²) in [4.78, 5) is 9.67. The van der Waals surface area contributed by atoms with E-state index in [9.17, 15) is 0 Å². The summed E-state index contributed by atoms with van der Waals surface area (Å²) < 4.78 is 0. The normalized spacial score (nSPS) is 15.2. The van der Waals surface area contributed by atoms with Gasteiger partial charge < -0.3 is 15.5 Å². The van der Waals surface area contributed by atoms with Crippen LogP contribution in [0.15, 0.2) is 29.3 Å². The van der Waals surface area contributed by atoms with Crippen molar-refractivity contribution in [3.63, 3.8) is 0 Å². The van der Waals surface area contributed by atoms with E-state index in [-0.39, 0.29) is 0 Å². The number of hydrogen-bond acceptors (Lipinski definition) is 3. The summed E-state index contributed by atoms with van der Waals surface area (Å²) in [6.07, 6.45) is 1.12. The third-order valence-electron chi connectivity index (χ3n) is 4.33. The molecule has 0 unspecified atom stereocenters. The highest BCUT2D eigenvalue weighted by Gasteiger charge is 2.16. The number of piperazine rings is 1. The number of anilines is 1. The predicted octanol–water partition coefficient (Wildman–Crippen LogP) is 2.08. The van der Waals surface area contributed by atoms with Crippen molar-refractivity contribution in [1.82, 2.24) is 15.5 Å². The molecule has 0 aromatic heterocycles. The smallest absolute Gasteiger partial charge is 0.191 e. The number of aliphatic imine (C=N–C) groups is 1. The van der Waals surface area contributed by atoms with Crippen LogP contribution < -0.4 is 15.5 Å². The lowest BCUT2D eigenvalue weighted by Gasteiger charge is -2.36. The molecule has 2 N–H and O–H groups in total. The van der Waals surface area contributed by atoms with E-state index in [1.165, 1.54) is 11.3 Å². The Morgan fingerprint density at radius 1 is 1.08 bits per heavy atom. The van der Waals surface area contributed by atoms with Gasteiger partial charge >= 0.3 is 0 Å². The number of nitrogens with one attached hydrogen (secondary N) is 2. The summed E-state index contributed by atoms with van der Waals surface area (Å²) in [7, 11) is 0. The first-order valence-electron chi connectivity index (χ1n) is 9.29. The van der Waals surface area contributed by atoms with Gasteiger partial charge in [0.25, 0.3) is 0 Å². The van der Waals surface area contributed by atoms with Gasteiger partial charge in [0, 0.05) is 58.0 Å². The molecule has 1 heterocycles. The highest BCUT2D eigenvalue weighted by molar-refractivity contribution is 5.79. The summed E-state index contributed by atoms with van der Waals surface area (Å²) in [6, 6.07) is 8.82. The van der Waals surface area contributed by atoms with E-state index in [1.807, 2.05) is 0 Å². The quantitative estimate of drug-likeness (QED) is 0.456. The van der Waals surface area contributed by atoms with Crippen molar-refractivity contribution in [2.75, 3.05) is 57.3 Å². The predicted molar refractivity (Wildman–Crippen MR) is 104 cm³/mol. The van der Waals surface area contributed by atoms with E-state index in [0.29, 0.717) is 0 Å². The van der Waals surface area contributed by atoms with Gasteiger partial charge in [0.15, 0.2) is 5.96 Å². The largest absolute Gasteiger partial charge is 0.369 e. The molecule has 0 saturated carbocycles. The summed E-state index contributed by atoms with van der Waals surface area (Å²) in [5.74, 6) is 0.935. The van der Waals surface area contributed by atoms with Crippen molar-refractivity contribution in [3.05, 3.63) is 29.8 Å². The molecular weight excluding hydrogens is 298 g/mol. The summed E-state index contributed by atoms with van der Waals surface area (Å²) in [5, 5.41) is 6.54. The molecule has 0 amide bonds. The lowest BCUT2D eigenvalue weighted by molar-refractivity contribution is 0.256. The molecule has 1 aliphatic heterocycles. The molecule has 1 aromatic carbocycles. The van der Waals surface area contributed by atoms with Crippen LogP contribution in [0.4, 0.5) is 5.69 Å². The van der Waals surface area contributed by atoms with Crippen molar-refractivity contribution in [2.24, 2.45) is 4.99 Å². The van der Waals surface area contributed by atoms with E-state index in [4.69, 9.17) is 0 Å². The van der Waals surface area contributed by atoms with E-state index in [0.717, 1.165) is 64.7 Å². The van der Waals surface area contributed by atoms with Crippen LogP contribution >= 0.6 is 0 Å². The van der Waals surface area contributed by atoms with Gasteiger partial charge in [0.1, 0.15) is 0 Å². The van der Waals surface area contributed by atoms with Gasteiger partial charge in [0.05, 0.1) is 0 Å². The van der Waals surface area contributed by atoms with Crippen LogP contribution in [-0.2, 0) is 0 Å². The van der Waals surface area contributed by atoms with Crippen molar-refractivity contribution in [1.29, 1.82) is 0 Å². The first-order valence-corrected chi connectivity index (χ1v) is 9.29. The lowest BCUT2D eigenvalue weighted by Crippen LogP contribution is -2.46. The third kappa shape index (κ3) is 6.04. The topological polar surface area (TPSA) is 42.9 Å². The highest BCUT2D eigenvalue weighted by Crippen LogP contribution is 2.17. The van der Waals surface area contributed by atoms with Crippen LogP contribution in [-0.4, -0.2) is 63.2 Å². The van der Waals surface area contributed by atoms with Crippen LogP contribution in [0.25, 0.3) is 0 Å². The molecule has 0 radical (unpaired) electrons. The minimum absolute atomic E-state index is 0.882. The molecule has 24 heavy (non-hydrogen) atoms.